The van der Waals surface area contributed by atoms with Gasteiger partial charge in [-0.1, -0.05) is 6.07 Å². The van der Waals surface area contributed by atoms with Gasteiger partial charge in [0.05, 0.1) is 25.4 Å². The summed E-state index contributed by atoms with van der Waals surface area (Å²) in [6, 6.07) is 5.67. The molecule has 7 nitrogen and oxygen atoms in total. The zero-order valence-electron chi connectivity index (χ0n) is 16.0. The van der Waals surface area contributed by atoms with Crippen molar-refractivity contribution in [2.24, 2.45) is 0 Å². The van der Waals surface area contributed by atoms with Crippen molar-refractivity contribution in [1.29, 1.82) is 0 Å². The highest BCUT2D eigenvalue weighted by Crippen LogP contribution is 2.26. The third-order valence-electron chi connectivity index (χ3n) is 5.05. The number of methoxy groups -OCH3 is 1. The van der Waals surface area contributed by atoms with Crippen molar-refractivity contribution < 1.29 is 19.4 Å². The second kappa shape index (κ2) is 9.00. The quantitative estimate of drug-likeness (QED) is 0.769. The van der Waals surface area contributed by atoms with Crippen LogP contribution < -0.4 is 10.1 Å². The number of likely N-dealkylation sites (tertiary alicyclic amines) is 1. The predicted octanol–water partition coefficient (Wildman–Crippen LogP) is 1.81. The number of carboxylic acids is 1. The summed E-state index contributed by atoms with van der Waals surface area (Å²) in [7, 11) is 3.43. The number of aliphatic carboxylic acids is 1. The number of carbonyl (C=O) groups is 2. The van der Waals surface area contributed by atoms with Crippen LogP contribution in [-0.4, -0.2) is 72.7 Å². The van der Waals surface area contributed by atoms with E-state index < -0.39 is 5.97 Å². The Morgan fingerprint density at radius 3 is 2.62 bits per heavy atom. The molecule has 0 bridgehead atoms. The molecular weight excluding hydrogens is 334 g/mol. The lowest BCUT2D eigenvalue weighted by Gasteiger charge is -2.38. The molecule has 1 saturated heterocycles. The van der Waals surface area contributed by atoms with Crippen LogP contribution >= 0.6 is 0 Å². The first-order valence-corrected chi connectivity index (χ1v) is 8.93. The van der Waals surface area contributed by atoms with Crippen LogP contribution in [0.3, 0.4) is 0 Å². The molecule has 0 radical (unpaired) electrons. The summed E-state index contributed by atoms with van der Waals surface area (Å²) in [5, 5.41) is 11.9. The minimum atomic E-state index is -0.810. The third-order valence-corrected chi connectivity index (χ3v) is 5.05. The SMILES string of the molecule is COc1ccc(C)cc1NC(=O)C(C)N1CCC(N(C)CC(=O)O)CC1. The van der Waals surface area contributed by atoms with E-state index >= 15 is 0 Å². The molecule has 1 atom stereocenters. The van der Waals surface area contributed by atoms with Gasteiger partial charge in [-0.3, -0.25) is 19.4 Å². The van der Waals surface area contributed by atoms with Gasteiger partial charge >= 0.3 is 5.97 Å². The molecule has 26 heavy (non-hydrogen) atoms. The molecule has 2 N–H and O–H groups in total. The summed E-state index contributed by atoms with van der Waals surface area (Å²) in [4.78, 5) is 27.5. The van der Waals surface area contributed by atoms with E-state index in [0.717, 1.165) is 31.5 Å². The molecule has 0 spiro atoms. The van der Waals surface area contributed by atoms with Gasteiger partial charge in [0.25, 0.3) is 0 Å². The number of aryl methyl sites for hydroxylation is 1. The normalized spacial score (nSPS) is 17.1. The number of carboxylic acid groups (broad SMARTS) is 1. The van der Waals surface area contributed by atoms with Gasteiger partial charge in [0.15, 0.2) is 0 Å². The van der Waals surface area contributed by atoms with Crippen LogP contribution in [0.2, 0.25) is 0 Å². The van der Waals surface area contributed by atoms with Crippen molar-refractivity contribution in [3.8, 4) is 5.75 Å². The number of piperidine rings is 1. The molecular formula is C19H29N3O4. The lowest BCUT2D eigenvalue weighted by atomic mass is 10.0. The Morgan fingerprint density at radius 1 is 1.38 bits per heavy atom. The highest BCUT2D eigenvalue weighted by molar-refractivity contribution is 5.96. The van der Waals surface area contributed by atoms with Crippen LogP contribution in [0.1, 0.15) is 25.3 Å². The van der Waals surface area contributed by atoms with Crippen molar-refractivity contribution in [2.75, 3.05) is 39.1 Å². The smallest absolute Gasteiger partial charge is 0.317 e. The Labute approximate surface area is 154 Å². The Bertz CT molecular complexity index is 642. The first-order valence-electron chi connectivity index (χ1n) is 8.93. The van der Waals surface area contributed by atoms with Gasteiger partial charge in [0.1, 0.15) is 5.75 Å². The number of rotatable bonds is 7. The second-order valence-corrected chi connectivity index (χ2v) is 6.94. The van der Waals surface area contributed by atoms with E-state index in [1.54, 1.807) is 7.11 Å². The lowest BCUT2D eigenvalue weighted by molar-refractivity contribution is -0.138. The molecule has 7 heteroatoms. The maximum Gasteiger partial charge on any atom is 0.317 e. The molecule has 1 aliphatic rings. The zero-order chi connectivity index (χ0) is 19.3. The molecule has 1 aromatic rings. The third kappa shape index (κ3) is 5.19. The highest BCUT2D eigenvalue weighted by Gasteiger charge is 2.29. The minimum absolute atomic E-state index is 0.0495. The van der Waals surface area contributed by atoms with E-state index in [0.29, 0.717) is 11.4 Å². The van der Waals surface area contributed by atoms with Gasteiger partial charge in [-0.2, -0.15) is 0 Å². The van der Waals surface area contributed by atoms with E-state index in [4.69, 9.17) is 9.84 Å². The number of likely N-dealkylation sites (N-methyl/N-ethyl adjacent to an activating group) is 1. The fraction of sp³-hybridized carbons (Fsp3) is 0.579. The van der Waals surface area contributed by atoms with Crippen molar-refractivity contribution in [2.45, 2.75) is 38.8 Å². The summed E-state index contributed by atoms with van der Waals surface area (Å²) in [6.45, 7) is 5.46. The summed E-state index contributed by atoms with van der Waals surface area (Å²) in [6.07, 6.45) is 1.71. The summed E-state index contributed by atoms with van der Waals surface area (Å²) < 4.78 is 5.32. The van der Waals surface area contributed by atoms with Gasteiger partial charge < -0.3 is 15.2 Å². The number of nitrogens with zero attached hydrogens (tertiary/aromatic N) is 2. The first kappa shape index (κ1) is 20.2. The predicted molar refractivity (Wildman–Crippen MR) is 101 cm³/mol. The first-order chi connectivity index (χ1) is 12.3. The van der Waals surface area contributed by atoms with E-state index in [9.17, 15) is 9.59 Å². The molecule has 144 valence electrons. The van der Waals surface area contributed by atoms with Crippen molar-refractivity contribution in [3.05, 3.63) is 23.8 Å². The lowest BCUT2D eigenvalue weighted by Crippen LogP contribution is -2.50. The maximum absolute atomic E-state index is 12.7. The van der Waals surface area contributed by atoms with Gasteiger partial charge in [0.2, 0.25) is 5.91 Å². The number of nitrogens with one attached hydrogen (secondary N) is 1. The van der Waals surface area contributed by atoms with E-state index in [1.165, 1.54) is 0 Å². The Kier molecular flexibility index (Phi) is 6.99. The average Bonchev–Trinajstić information content (AvgIpc) is 2.60. The van der Waals surface area contributed by atoms with E-state index in [1.807, 2.05) is 44.0 Å². The number of anilines is 1. The maximum atomic E-state index is 12.7. The topological polar surface area (TPSA) is 82.1 Å². The van der Waals surface area contributed by atoms with Crippen LogP contribution in [0.5, 0.6) is 5.75 Å². The van der Waals surface area contributed by atoms with Gasteiger partial charge in [0, 0.05) is 19.1 Å². The molecule has 2 rings (SSSR count). The van der Waals surface area contributed by atoms with E-state index in [-0.39, 0.29) is 24.5 Å². The zero-order valence-corrected chi connectivity index (χ0v) is 16.0. The molecule has 1 amide bonds. The Hall–Kier alpha value is -2.12. The fourth-order valence-electron chi connectivity index (χ4n) is 3.38. The van der Waals surface area contributed by atoms with Crippen LogP contribution in [-0.2, 0) is 9.59 Å². The van der Waals surface area contributed by atoms with Crippen LogP contribution in [0.15, 0.2) is 18.2 Å². The molecule has 0 aliphatic carbocycles. The number of ether oxygens (including phenoxy) is 1. The Balaban J connectivity index is 1.92. The van der Waals surface area contributed by atoms with Crippen molar-refractivity contribution >= 4 is 17.6 Å². The molecule has 1 heterocycles. The average molecular weight is 363 g/mol. The number of amides is 1. The van der Waals surface area contributed by atoms with Gasteiger partial charge in [-0.25, -0.2) is 0 Å². The minimum Gasteiger partial charge on any atom is -0.495 e. The monoisotopic (exact) mass is 363 g/mol. The van der Waals surface area contributed by atoms with E-state index in [2.05, 4.69) is 10.2 Å². The molecule has 1 aliphatic heterocycles. The largest absolute Gasteiger partial charge is 0.495 e. The molecule has 1 unspecified atom stereocenters. The molecule has 1 aromatic carbocycles. The van der Waals surface area contributed by atoms with Gasteiger partial charge in [-0.15, -0.1) is 0 Å². The molecule has 1 fully saturated rings. The van der Waals surface area contributed by atoms with Gasteiger partial charge in [-0.05, 0) is 51.4 Å². The highest BCUT2D eigenvalue weighted by atomic mass is 16.5. The Morgan fingerprint density at radius 2 is 2.04 bits per heavy atom. The van der Waals surface area contributed by atoms with Crippen LogP contribution in [0.25, 0.3) is 0 Å². The molecule has 0 saturated carbocycles. The number of carbonyl (C=O) groups excluding carboxylic acids is 1. The standard InChI is InChI=1S/C19H29N3O4/c1-13-5-6-17(26-4)16(11-13)20-19(25)14(2)22-9-7-15(8-10-22)21(3)12-18(23)24/h5-6,11,14-15H,7-10,12H2,1-4H3,(H,20,25)(H,23,24). The summed E-state index contributed by atoms with van der Waals surface area (Å²) >= 11 is 0. The van der Waals surface area contributed by atoms with Crippen LogP contribution in [0, 0.1) is 6.92 Å². The number of hydrogen-bond acceptors (Lipinski definition) is 5. The van der Waals surface area contributed by atoms with Crippen LogP contribution in [0.4, 0.5) is 5.69 Å². The second-order valence-electron chi connectivity index (χ2n) is 6.94. The fourth-order valence-corrected chi connectivity index (χ4v) is 3.38. The van der Waals surface area contributed by atoms with Crippen molar-refractivity contribution in [1.82, 2.24) is 9.80 Å². The number of hydrogen-bond donors (Lipinski definition) is 2. The molecule has 0 aromatic heterocycles. The number of benzene rings is 1. The summed E-state index contributed by atoms with van der Waals surface area (Å²) in [5.41, 5.74) is 1.73. The van der Waals surface area contributed by atoms with Crippen molar-refractivity contribution in [3.63, 3.8) is 0 Å². The summed E-state index contributed by atoms with van der Waals surface area (Å²) in [5.74, 6) is -0.230.